The Kier molecular flexibility index (Phi) is 5.75. The van der Waals surface area contributed by atoms with E-state index >= 15 is 0 Å². The second-order valence-corrected chi connectivity index (χ2v) is 5.58. The molecular formula is C18H23NO3. The molecule has 0 saturated carbocycles. The molecule has 1 aromatic carbocycles. The van der Waals surface area contributed by atoms with Crippen molar-refractivity contribution in [3.8, 4) is 0 Å². The lowest BCUT2D eigenvalue weighted by molar-refractivity contribution is -0.150. The van der Waals surface area contributed by atoms with Crippen LogP contribution in [0.4, 0.5) is 0 Å². The lowest BCUT2D eigenvalue weighted by atomic mass is 9.97. The van der Waals surface area contributed by atoms with Gasteiger partial charge in [0.1, 0.15) is 0 Å². The van der Waals surface area contributed by atoms with Gasteiger partial charge in [0.2, 0.25) is 5.91 Å². The molecule has 1 aliphatic heterocycles. The molecule has 1 fully saturated rings. The van der Waals surface area contributed by atoms with Gasteiger partial charge in [-0.25, -0.2) is 0 Å². The molecule has 1 saturated heterocycles. The lowest BCUT2D eigenvalue weighted by Crippen LogP contribution is -2.43. The molecular weight excluding hydrogens is 278 g/mol. The van der Waals surface area contributed by atoms with Gasteiger partial charge in [-0.1, -0.05) is 30.3 Å². The fourth-order valence-corrected chi connectivity index (χ4v) is 2.72. The van der Waals surface area contributed by atoms with Crippen molar-refractivity contribution < 1.29 is 14.3 Å². The summed E-state index contributed by atoms with van der Waals surface area (Å²) in [6.07, 6.45) is 3.52. The highest BCUT2D eigenvalue weighted by Gasteiger charge is 2.29. The molecule has 118 valence electrons. The number of nitrogens with zero attached hydrogens (tertiary/aromatic N) is 1. The molecule has 1 aromatic rings. The van der Waals surface area contributed by atoms with Crippen LogP contribution in [0.5, 0.6) is 0 Å². The molecule has 4 heteroatoms. The van der Waals surface area contributed by atoms with Crippen molar-refractivity contribution in [2.75, 3.05) is 19.7 Å². The lowest BCUT2D eigenvalue weighted by Gasteiger charge is -2.31. The fraction of sp³-hybridized carbons (Fsp3) is 0.444. The maximum Gasteiger partial charge on any atom is 0.310 e. The van der Waals surface area contributed by atoms with E-state index in [1.165, 1.54) is 0 Å². The molecule has 1 amide bonds. The van der Waals surface area contributed by atoms with Crippen LogP contribution in [-0.2, 0) is 14.3 Å². The van der Waals surface area contributed by atoms with Gasteiger partial charge in [0.05, 0.1) is 12.5 Å². The van der Waals surface area contributed by atoms with Crippen LogP contribution in [0.25, 0.3) is 6.08 Å². The maximum absolute atomic E-state index is 12.5. The maximum atomic E-state index is 12.5. The first kappa shape index (κ1) is 16.3. The van der Waals surface area contributed by atoms with E-state index in [4.69, 9.17) is 4.74 Å². The molecule has 22 heavy (non-hydrogen) atoms. The van der Waals surface area contributed by atoms with Gasteiger partial charge in [-0.2, -0.15) is 0 Å². The Morgan fingerprint density at radius 3 is 2.73 bits per heavy atom. The third kappa shape index (κ3) is 4.20. The third-order valence-corrected chi connectivity index (χ3v) is 3.85. The summed E-state index contributed by atoms with van der Waals surface area (Å²) in [4.78, 5) is 26.2. The number of piperidine rings is 1. The molecule has 4 nitrogen and oxygen atoms in total. The molecule has 2 rings (SSSR count). The standard InChI is InChI=1S/C18H23NO3/c1-3-22-18(21)16-10-7-11-19(13-16)17(20)14(2)12-15-8-5-4-6-9-15/h4-6,8-9,12,16H,3,7,10-11,13H2,1-2H3/b14-12-/t16-/m0/s1. The van der Waals surface area contributed by atoms with Crippen LogP contribution in [-0.4, -0.2) is 36.5 Å². The minimum absolute atomic E-state index is 0.00199. The van der Waals surface area contributed by atoms with Crippen LogP contribution in [0.2, 0.25) is 0 Å². The number of benzene rings is 1. The van der Waals surface area contributed by atoms with E-state index in [0.29, 0.717) is 25.3 Å². The largest absolute Gasteiger partial charge is 0.466 e. The highest BCUT2D eigenvalue weighted by molar-refractivity contribution is 5.97. The molecule has 0 N–H and O–H groups in total. The van der Waals surface area contributed by atoms with E-state index in [1.54, 1.807) is 11.8 Å². The van der Waals surface area contributed by atoms with Crippen LogP contribution < -0.4 is 0 Å². The number of ether oxygens (including phenoxy) is 1. The minimum Gasteiger partial charge on any atom is -0.466 e. The molecule has 1 heterocycles. The Labute approximate surface area is 131 Å². The second-order valence-electron chi connectivity index (χ2n) is 5.58. The SMILES string of the molecule is CCOC(=O)[C@H]1CCCN(C(=O)/C(C)=C\c2ccccc2)C1. The number of amides is 1. The monoisotopic (exact) mass is 301 g/mol. The number of hydrogen-bond donors (Lipinski definition) is 0. The average Bonchev–Trinajstić information content (AvgIpc) is 2.55. The number of hydrogen-bond acceptors (Lipinski definition) is 3. The summed E-state index contributed by atoms with van der Waals surface area (Å²) in [5, 5.41) is 0. The number of likely N-dealkylation sites (tertiary alicyclic amines) is 1. The highest BCUT2D eigenvalue weighted by Crippen LogP contribution is 2.20. The topological polar surface area (TPSA) is 46.6 Å². The Morgan fingerprint density at radius 2 is 2.05 bits per heavy atom. The number of esters is 1. The van der Waals surface area contributed by atoms with Gasteiger partial charge in [-0.15, -0.1) is 0 Å². The summed E-state index contributed by atoms with van der Waals surface area (Å²) in [6.45, 7) is 5.17. The number of carbonyl (C=O) groups excluding carboxylic acids is 2. The quantitative estimate of drug-likeness (QED) is 0.634. The Morgan fingerprint density at radius 1 is 1.32 bits per heavy atom. The average molecular weight is 301 g/mol. The third-order valence-electron chi connectivity index (χ3n) is 3.85. The van der Waals surface area contributed by atoms with Crippen molar-refractivity contribution >= 4 is 18.0 Å². The first-order chi connectivity index (χ1) is 10.6. The van der Waals surface area contributed by atoms with Gasteiger partial charge in [-0.05, 0) is 38.3 Å². The fourth-order valence-electron chi connectivity index (χ4n) is 2.72. The zero-order chi connectivity index (χ0) is 15.9. The molecule has 0 bridgehead atoms. The van der Waals surface area contributed by atoms with Gasteiger partial charge in [0.15, 0.2) is 0 Å². The molecule has 0 unspecified atom stereocenters. The summed E-state index contributed by atoms with van der Waals surface area (Å²) in [6, 6.07) is 9.77. The van der Waals surface area contributed by atoms with Crippen molar-refractivity contribution in [1.29, 1.82) is 0 Å². The Bertz CT molecular complexity index is 551. The van der Waals surface area contributed by atoms with Crippen molar-refractivity contribution in [3.63, 3.8) is 0 Å². The number of rotatable bonds is 4. The number of carbonyl (C=O) groups is 2. The zero-order valence-corrected chi connectivity index (χ0v) is 13.2. The van der Waals surface area contributed by atoms with Crippen molar-refractivity contribution in [1.82, 2.24) is 4.90 Å². The first-order valence-corrected chi connectivity index (χ1v) is 7.81. The molecule has 0 radical (unpaired) electrons. The molecule has 0 aromatic heterocycles. The predicted octanol–water partition coefficient (Wildman–Crippen LogP) is 2.89. The normalized spacial score (nSPS) is 18.9. The van der Waals surface area contributed by atoms with E-state index in [1.807, 2.05) is 43.3 Å². The summed E-state index contributed by atoms with van der Waals surface area (Å²) < 4.78 is 5.07. The Balaban J connectivity index is 2.02. The zero-order valence-electron chi connectivity index (χ0n) is 13.2. The van der Waals surface area contributed by atoms with Gasteiger partial charge in [-0.3, -0.25) is 9.59 Å². The molecule has 1 atom stereocenters. The van der Waals surface area contributed by atoms with Crippen LogP contribution >= 0.6 is 0 Å². The van der Waals surface area contributed by atoms with Gasteiger partial charge in [0.25, 0.3) is 0 Å². The van der Waals surface area contributed by atoms with E-state index < -0.39 is 0 Å². The van der Waals surface area contributed by atoms with E-state index in [9.17, 15) is 9.59 Å². The molecule has 1 aliphatic rings. The minimum atomic E-state index is -0.192. The van der Waals surface area contributed by atoms with Gasteiger partial charge in [0, 0.05) is 18.7 Å². The Hall–Kier alpha value is -2.10. The van der Waals surface area contributed by atoms with Crippen LogP contribution in [0, 0.1) is 5.92 Å². The summed E-state index contributed by atoms with van der Waals surface area (Å²) in [7, 11) is 0. The van der Waals surface area contributed by atoms with Crippen molar-refractivity contribution in [3.05, 3.63) is 41.5 Å². The van der Waals surface area contributed by atoms with E-state index in [2.05, 4.69) is 0 Å². The van der Waals surface area contributed by atoms with Crippen LogP contribution in [0.15, 0.2) is 35.9 Å². The predicted molar refractivity (Wildman–Crippen MR) is 86.0 cm³/mol. The highest BCUT2D eigenvalue weighted by atomic mass is 16.5. The smallest absolute Gasteiger partial charge is 0.310 e. The summed E-state index contributed by atoms with van der Waals surface area (Å²) in [5.41, 5.74) is 1.70. The van der Waals surface area contributed by atoms with Crippen LogP contribution in [0.1, 0.15) is 32.3 Å². The van der Waals surface area contributed by atoms with Crippen LogP contribution in [0.3, 0.4) is 0 Å². The summed E-state index contributed by atoms with van der Waals surface area (Å²) in [5.74, 6) is -0.385. The molecule has 0 aliphatic carbocycles. The second kappa shape index (κ2) is 7.78. The van der Waals surface area contributed by atoms with Crippen molar-refractivity contribution in [2.24, 2.45) is 5.92 Å². The summed E-state index contributed by atoms with van der Waals surface area (Å²) >= 11 is 0. The first-order valence-electron chi connectivity index (χ1n) is 7.81. The van der Waals surface area contributed by atoms with E-state index in [0.717, 1.165) is 18.4 Å². The van der Waals surface area contributed by atoms with Gasteiger partial charge < -0.3 is 9.64 Å². The van der Waals surface area contributed by atoms with Crippen molar-refractivity contribution in [2.45, 2.75) is 26.7 Å². The molecule has 0 spiro atoms. The van der Waals surface area contributed by atoms with E-state index in [-0.39, 0.29) is 17.8 Å². The van der Waals surface area contributed by atoms with Gasteiger partial charge >= 0.3 is 5.97 Å².